The lowest BCUT2D eigenvalue weighted by molar-refractivity contribution is 0.193. The number of rotatable bonds is 7. The largest absolute Gasteiger partial charge is 0.497 e. The molecule has 3 nitrogen and oxygen atoms in total. The molecule has 5 heteroatoms. The summed E-state index contributed by atoms with van der Waals surface area (Å²) in [5, 5.41) is 0. The van der Waals surface area contributed by atoms with Crippen LogP contribution in [0.15, 0.2) is 53.4 Å². The Kier molecular flexibility index (Phi) is 7.83. The van der Waals surface area contributed by atoms with Crippen molar-refractivity contribution in [2.45, 2.75) is 30.7 Å². The topological polar surface area (TPSA) is 15.7 Å². The Hall–Kier alpha value is -1.14. The molecule has 0 spiro atoms. The zero-order chi connectivity index (χ0) is 19.9. The molecule has 2 aliphatic heterocycles. The highest BCUT2D eigenvalue weighted by Crippen LogP contribution is 2.32. The molecule has 0 aliphatic carbocycles. The SMILES string of the molecule is COc1ccc2c(c1)CN(SCCN1CCC(Cc3ccccc3)CC1)CCS2. The first-order valence-electron chi connectivity index (χ1n) is 10.7. The fourth-order valence-electron chi connectivity index (χ4n) is 4.24. The van der Waals surface area contributed by atoms with Crippen LogP contribution in [0.4, 0.5) is 0 Å². The van der Waals surface area contributed by atoms with E-state index in [1.807, 2.05) is 23.7 Å². The summed E-state index contributed by atoms with van der Waals surface area (Å²) < 4.78 is 7.96. The van der Waals surface area contributed by atoms with Crippen LogP contribution >= 0.6 is 23.7 Å². The van der Waals surface area contributed by atoms with Gasteiger partial charge in [-0.15, -0.1) is 11.8 Å². The molecule has 1 saturated heterocycles. The van der Waals surface area contributed by atoms with E-state index in [0.717, 1.165) is 30.5 Å². The van der Waals surface area contributed by atoms with Gasteiger partial charge in [-0.05, 0) is 67.6 Å². The molecule has 0 bridgehead atoms. The molecule has 29 heavy (non-hydrogen) atoms. The summed E-state index contributed by atoms with van der Waals surface area (Å²) >= 11 is 4.00. The number of hydrogen-bond acceptors (Lipinski definition) is 5. The van der Waals surface area contributed by atoms with Crippen LogP contribution in [-0.2, 0) is 13.0 Å². The average Bonchev–Trinajstić information content (AvgIpc) is 2.97. The Morgan fingerprint density at radius 2 is 1.90 bits per heavy atom. The molecule has 0 radical (unpaired) electrons. The van der Waals surface area contributed by atoms with Gasteiger partial charge in [-0.1, -0.05) is 42.3 Å². The third-order valence-corrected chi connectivity index (χ3v) is 8.11. The molecular weight excluding hydrogens is 396 g/mol. The minimum absolute atomic E-state index is 0.857. The summed E-state index contributed by atoms with van der Waals surface area (Å²) in [6, 6.07) is 17.5. The molecule has 0 amide bonds. The van der Waals surface area contributed by atoms with E-state index < -0.39 is 0 Å². The first kappa shape index (κ1) is 21.1. The maximum atomic E-state index is 5.42. The maximum absolute atomic E-state index is 5.42. The van der Waals surface area contributed by atoms with E-state index in [1.165, 1.54) is 60.7 Å². The van der Waals surface area contributed by atoms with E-state index in [-0.39, 0.29) is 0 Å². The van der Waals surface area contributed by atoms with Crippen molar-refractivity contribution in [3.63, 3.8) is 0 Å². The summed E-state index contributed by atoms with van der Waals surface area (Å²) in [5.41, 5.74) is 2.90. The first-order valence-corrected chi connectivity index (χ1v) is 12.7. The average molecular weight is 429 g/mol. The molecule has 0 saturated carbocycles. The standard InChI is InChI=1S/C24H32N2OS2/c1-27-23-7-8-24-22(18-23)19-26(14-15-28-24)29-16-13-25-11-9-21(10-12-25)17-20-5-3-2-4-6-20/h2-8,18,21H,9-17,19H2,1H3. The molecule has 0 atom stereocenters. The molecular formula is C24H32N2OS2. The first-order chi connectivity index (χ1) is 14.3. The molecule has 2 aromatic rings. The molecule has 0 aromatic heterocycles. The second-order valence-corrected chi connectivity index (χ2v) is 10.3. The van der Waals surface area contributed by atoms with Crippen LogP contribution in [0, 0.1) is 5.92 Å². The molecule has 2 heterocycles. The molecule has 2 aliphatic rings. The number of piperidine rings is 1. The number of methoxy groups -OCH3 is 1. The Bertz CT molecular complexity index is 763. The third-order valence-electron chi connectivity index (χ3n) is 5.97. The van der Waals surface area contributed by atoms with E-state index in [9.17, 15) is 0 Å². The van der Waals surface area contributed by atoms with Crippen LogP contribution < -0.4 is 4.74 Å². The van der Waals surface area contributed by atoms with E-state index in [0.29, 0.717) is 0 Å². The summed E-state index contributed by atoms with van der Waals surface area (Å²) in [6.45, 7) is 5.88. The van der Waals surface area contributed by atoms with Crippen molar-refractivity contribution in [2.75, 3.05) is 44.8 Å². The van der Waals surface area contributed by atoms with Gasteiger partial charge in [0, 0.05) is 36.0 Å². The van der Waals surface area contributed by atoms with Gasteiger partial charge in [0.05, 0.1) is 7.11 Å². The predicted molar refractivity (Wildman–Crippen MR) is 126 cm³/mol. The molecule has 156 valence electrons. The monoisotopic (exact) mass is 428 g/mol. The third kappa shape index (κ3) is 6.17. The van der Waals surface area contributed by atoms with Gasteiger partial charge in [0.25, 0.3) is 0 Å². The van der Waals surface area contributed by atoms with Gasteiger partial charge < -0.3 is 9.64 Å². The fourth-order valence-corrected chi connectivity index (χ4v) is 6.41. The number of ether oxygens (including phenoxy) is 1. The van der Waals surface area contributed by atoms with Crippen molar-refractivity contribution in [2.24, 2.45) is 5.92 Å². The van der Waals surface area contributed by atoms with Crippen molar-refractivity contribution in [1.29, 1.82) is 0 Å². The Morgan fingerprint density at radius 3 is 2.69 bits per heavy atom. The minimum Gasteiger partial charge on any atom is -0.497 e. The van der Waals surface area contributed by atoms with Crippen LogP contribution in [0.3, 0.4) is 0 Å². The molecule has 0 N–H and O–H groups in total. The van der Waals surface area contributed by atoms with E-state index in [1.54, 1.807) is 7.11 Å². The van der Waals surface area contributed by atoms with Crippen LogP contribution in [0.25, 0.3) is 0 Å². The number of thioether (sulfide) groups is 1. The lowest BCUT2D eigenvalue weighted by Gasteiger charge is -2.32. The molecule has 0 unspecified atom stereocenters. The van der Waals surface area contributed by atoms with Crippen molar-refractivity contribution >= 4 is 23.7 Å². The van der Waals surface area contributed by atoms with Crippen molar-refractivity contribution < 1.29 is 4.74 Å². The van der Waals surface area contributed by atoms with Crippen LogP contribution in [-0.4, -0.2) is 54.0 Å². The number of nitrogens with zero attached hydrogens (tertiary/aromatic N) is 2. The number of likely N-dealkylation sites (tertiary alicyclic amines) is 1. The summed E-state index contributed by atoms with van der Waals surface area (Å²) in [5.74, 6) is 4.18. The highest BCUT2D eigenvalue weighted by Gasteiger charge is 2.20. The van der Waals surface area contributed by atoms with Crippen LogP contribution in [0.1, 0.15) is 24.0 Å². The highest BCUT2D eigenvalue weighted by molar-refractivity contribution is 7.99. The van der Waals surface area contributed by atoms with E-state index >= 15 is 0 Å². The normalized spacial score (nSPS) is 18.9. The minimum atomic E-state index is 0.857. The van der Waals surface area contributed by atoms with Crippen molar-refractivity contribution in [3.05, 3.63) is 59.7 Å². The molecule has 1 fully saturated rings. The summed E-state index contributed by atoms with van der Waals surface area (Å²) in [4.78, 5) is 4.08. The zero-order valence-corrected chi connectivity index (χ0v) is 19.0. The Morgan fingerprint density at radius 1 is 1.07 bits per heavy atom. The Balaban J connectivity index is 1.19. The number of benzene rings is 2. The smallest absolute Gasteiger partial charge is 0.119 e. The zero-order valence-electron chi connectivity index (χ0n) is 17.4. The lowest BCUT2D eigenvalue weighted by atomic mass is 9.90. The summed E-state index contributed by atoms with van der Waals surface area (Å²) in [6.07, 6.45) is 3.93. The number of hydrogen-bond donors (Lipinski definition) is 0. The lowest BCUT2D eigenvalue weighted by Crippen LogP contribution is -2.36. The summed E-state index contributed by atoms with van der Waals surface area (Å²) in [7, 11) is 1.75. The fraction of sp³-hybridized carbons (Fsp3) is 0.500. The van der Waals surface area contributed by atoms with Gasteiger partial charge in [-0.25, -0.2) is 4.31 Å². The molecule has 2 aromatic carbocycles. The predicted octanol–water partition coefficient (Wildman–Crippen LogP) is 5.21. The van der Waals surface area contributed by atoms with Gasteiger partial charge >= 0.3 is 0 Å². The number of fused-ring (bicyclic) bond motifs is 1. The van der Waals surface area contributed by atoms with Gasteiger partial charge in [0.2, 0.25) is 0 Å². The Labute approximate surface area is 184 Å². The van der Waals surface area contributed by atoms with Gasteiger partial charge in [-0.3, -0.25) is 0 Å². The van der Waals surface area contributed by atoms with Crippen molar-refractivity contribution in [1.82, 2.24) is 9.21 Å². The highest BCUT2D eigenvalue weighted by atomic mass is 32.2. The van der Waals surface area contributed by atoms with Gasteiger partial charge in [0.15, 0.2) is 0 Å². The maximum Gasteiger partial charge on any atom is 0.119 e. The van der Waals surface area contributed by atoms with E-state index in [2.05, 4.69) is 57.7 Å². The van der Waals surface area contributed by atoms with Gasteiger partial charge in [0.1, 0.15) is 5.75 Å². The van der Waals surface area contributed by atoms with E-state index in [4.69, 9.17) is 4.74 Å². The molecule has 4 rings (SSSR count). The van der Waals surface area contributed by atoms with Crippen molar-refractivity contribution in [3.8, 4) is 5.75 Å². The van der Waals surface area contributed by atoms with Gasteiger partial charge in [-0.2, -0.15) is 0 Å². The second-order valence-electron chi connectivity index (χ2n) is 7.99. The second kappa shape index (κ2) is 10.8. The van der Waals surface area contributed by atoms with Crippen LogP contribution in [0.2, 0.25) is 0 Å². The van der Waals surface area contributed by atoms with Crippen LogP contribution in [0.5, 0.6) is 5.75 Å². The quantitative estimate of drug-likeness (QED) is 0.561.